The van der Waals surface area contributed by atoms with Crippen LogP contribution in [-0.2, 0) is 14.4 Å². The number of para-hydroxylation sites is 2. The van der Waals surface area contributed by atoms with E-state index in [4.69, 9.17) is 16.3 Å². The molecule has 0 aromatic heterocycles. The molecule has 7 nitrogen and oxygen atoms in total. The molecule has 1 aliphatic heterocycles. The van der Waals surface area contributed by atoms with Crippen LogP contribution in [0, 0.1) is 0 Å². The first-order valence-electron chi connectivity index (χ1n) is 8.28. The maximum atomic E-state index is 12.4. The molecule has 0 aliphatic carbocycles. The normalized spacial score (nSPS) is 15.2. The second-order valence-corrected chi connectivity index (χ2v) is 6.54. The number of carbonyl (C=O) groups is 3. The van der Waals surface area contributed by atoms with Crippen molar-refractivity contribution < 1.29 is 19.1 Å². The first kappa shape index (κ1) is 18.7. The first-order chi connectivity index (χ1) is 12.9. The molecule has 2 aromatic rings. The Hall–Kier alpha value is -3.06. The predicted molar refractivity (Wildman–Crippen MR) is 102 cm³/mol. The van der Waals surface area contributed by atoms with Gasteiger partial charge in [-0.3, -0.25) is 14.4 Å². The zero-order valence-corrected chi connectivity index (χ0v) is 15.3. The quantitative estimate of drug-likeness (QED) is 0.825. The molecule has 2 N–H and O–H groups in total. The summed E-state index contributed by atoms with van der Waals surface area (Å²) >= 11 is 5.80. The van der Waals surface area contributed by atoms with Gasteiger partial charge < -0.3 is 20.3 Å². The van der Waals surface area contributed by atoms with E-state index in [1.54, 1.807) is 48.5 Å². The van der Waals surface area contributed by atoms with Crippen molar-refractivity contribution in [3.05, 3.63) is 53.6 Å². The van der Waals surface area contributed by atoms with E-state index < -0.39 is 6.10 Å². The molecule has 2 aromatic carbocycles. The molecule has 0 unspecified atom stereocenters. The number of hydrogen-bond donors (Lipinski definition) is 2. The highest BCUT2D eigenvalue weighted by Crippen LogP contribution is 2.29. The Balaban J connectivity index is 1.54. The van der Waals surface area contributed by atoms with Crippen molar-refractivity contribution in [2.24, 2.45) is 0 Å². The number of rotatable bonds is 5. The Morgan fingerprint density at radius 1 is 1.19 bits per heavy atom. The standard InChI is InChI=1S/C19H18ClN3O4/c1-23(11-17(24)21-13-8-6-12(20)7-9-13)18(25)10-16-19(26)22-14-4-2-3-5-15(14)27-16/h2-9,16H,10-11H2,1H3,(H,21,24)(H,22,26)/t16-/m1/s1. The lowest BCUT2D eigenvalue weighted by atomic mass is 10.1. The molecule has 1 atom stereocenters. The van der Waals surface area contributed by atoms with E-state index in [0.29, 0.717) is 22.1 Å². The van der Waals surface area contributed by atoms with Crippen molar-refractivity contribution in [2.45, 2.75) is 12.5 Å². The first-order valence-corrected chi connectivity index (χ1v) is 8.66. The van der Waals surface area contributed by atoms with Gasteiger partial charge in [-0.05, 0) is 36.4 Å². The van der Waals surface area contributed by atoms with Gasteiger partial charge in [-0.15, -0.1) is 0 Å². The number of ether oxygens (including phenoxy) is 1. The van der Waals surface area contributed by atoms with Crippen molar-refractivity contribution in [1.82, 2.24) is 4.90 Å². The lowest BCUT2D eigenvalue weighted by Crippen LogP contribution is -2.43. The van der Waals surface area contributed by atoms with E-state index >= 15 is 0 Å². The highest BCUT2D eigenvalue weighted by Gasteiger charge is 2.30. The molecular formula is C19H18ClN3O4. The Morgan fingerprint density at radius 3 is 2.63 bits per heavy atom. The van der Waals surface area contributed by atoms with Crippen molar-refractivity contribution in [1.29, 1.82) is 0 Å². The fourth-order valence-corrected chi connectivity index (χ4v) is 2.70. The molecule has 3 rings (SSSR count). The summed E-state index contributed by atoms with van der Waals surface area (Å²) in [5.41, 5.74) is 1.15. The number of likely N-dealkylation sites (N-methyl/N-ethyl adjacent to an activating group) is 1. The van der Waals surface area contributed by atoms with Crippen LogP contribution in [0.15, 0.2) is 48.5 Å². The van der Waals surface area contributed by atoms with Gasteiger partial charge in [0.25, 0.3) is 5.91 Å². The fraction of sp³-hybridized carbons (Fsp3) is 0.211. The van der Waals surface area contributed by atoms with E-state index in [2.05, 4.69) is 10.6 Å². The molecule has 0 radical (unpaired) electrons. The van der Waals surface area contributed by atoms with E-state index in [9.17, 15) is 14.4 Å². The van der Waals surface area contributed by atoms with Crippen LogP contribution < -0.4 is 15.4 Å². The van der Waals surface area contributed by atoms with Gasteiger partial charge in [-0.2, -0.15) is 0 Å². The third kappa shape index (κ3) is 4.77. The molecule has 0 saturated carbocycles. The van der Waals surface area contributed by atoms with Crippen LogP contribution >= 0.6 is 11.6 Å². The van der Waals surface area contributed by atoms with Gasteiger partial charge in [0.1, 0.15) is 5.75 Å². The minimum absolute atomic E-state index is 0.146. The number of fused-ring (bicyclic) bond motifs is 1. The van der Waals surface area contributed by atoms with E-state index in [-0.39, 0.29) is 30.7 Å². The highest BCUT2D eigenvalue weighted by atomic mass is 35.5. The predicted octanol–water partition coefficient (Wildman–Crippen LogP) is 2.53. The molecule has 27 heavy (non-hydrogen) atoms. The second-order valence-electron chi connectivity index (χ2n) is 6.10. The fourth-order valence-electron chi connectivity index (χ4n) is 2.58. The average Bonchev–Trinajstić information content (AvgIpc) is 2.64. The third-order valence-corrected chi connectivity index (χ3v) is 4.25. The average molecular weight is 388 g/mol. The molecule has 1 heterocycles. The zero-order chi connectivity index (χ0) is 19.4. The molecule has 8 heteroatoms. The van der Waals surface area contributed by atoms with Crippen molar-refractivity contribution in [3.8, 4) is 5.75 Å². The van der Waals surface area contributed by atoms with Crippen molar-refractivity contribution in [2.75, 3.05) is 24.2 Å². The lowest BCUT2D eigenvalue weighted by Gasteiger charge is -2.26. The number of amides is 3. The summed E-state index contributed by atoms with van der Waals surface area (Å²) in [6.07, 6.45) is -1.10. The van der Waals surface area contributed by atoms with Crippen LogP contribution in [0.4, 0.5) is 11.4 Å². The number of anilines is 2. The lowest BCUT2D eigenvalue weighted by molar-refractivity contribution is -0.137. The van der Waals surface area contributed by atoms with Crippen LogP contribution in [0.25, 0.3) is 0 Å². The third-order valence-electron chi connectivity index (χ3n) is 4.00. The maximum Gasteiger partial charge on any atom is 0.266 e. The minimum atomic E-state index is -0.936. The smallest absolute Gasteiger partial charge is 0.266 e. The van der Waals surface area contributed by atoms with E-state index in [1.165, 1.54) is 11.9 Å². The molecule has 0 fully saturated rings. The number of carbonyl (C=O) groups excluding carboxylic acids is 3. The van der Waals surface area contributed by atoms with Gasteiger partial charge >= 0.3 is 0 Å². The van der Waals surface area contributed by atoms with E-state index in [0.717, 1.165) is 0 Å². The number of nitrogens with one attached hydrogen (secondary N) is 2. The summed E-state index contributed by atoms with van der Waals surface area (Å²) in [5.74, 6) is -0.604. The van der Waals surface area contributed by atoms with Gasteiger partial charge in [0.05, 0.1) is 18.7 Å². The SMILES string of the molecule is CN(CC(=O)Nc1ccc(Cl)cc1)C(=O)C[C@H]1Oc2ccccc2NC1=O. The Bertz CT molecular complexity index is 870. The molecular weight excluding hydrogens is 370 g/mol. The topological polar surface area (TPSA) is 87.7 Å². The molecule has 0 bridgehead atoms. The van der Waals surface area contributed by atoms with Crippen molar-refractivity contribution >= 4 is 40.7 Å². The van der Waals surface area contributed by atoms with Crippen LogP contribution in [0.2, 0.25) is 5.02 Å². The Labute approximate surface area is 161 Å². The van der Waals surface area contributed by atoms with E-state index in [1.807, 2.05) is 0 Å². The summed E-state index contributed by atoms with van der Waals surface area (Å²) in [6.45, 7) is -0.146. The number of halogens is 1. The van der Waals surface area contributed by atoms with Gasteiger partial charge in [-0.1, -0.05) is 23.7 Å². The van der Waals surface area contributed by atoms with Gasteiger partial charge in [0.2, 0.25) is 11.8 Å². The highest BCUT2D eigenvalue weighted by molar-refractivity contribution is 6.30. The minimum Gasteiger partial charge on any atom is -0.478 e. The maximum absolute atomic E-state index is 12.4. The molecule has 140 valence electrons. The molecule has 3 amide bonds. The molecule has 0 saturated heterocycles. The summed E-state index contributed by atoms with van der Waals surface area (Å²) in [7, 11) is 1.50. The largest absolute Gasteiger partial charge is 0.478 e. The van der Waals surface area contributed by atoms with Crippen LogP contribution in [0.5, 0.6) is 5.75 Å². The number of benzene rings is 2. The molecule has 0 spiro atoms. The van der Waals surface area contributed by atoms with Crippen molar-refractivity contribution in [3.63, 3.8) is 0 Å². The van der Waals surface area contributed by atoms with Gasteiger partial charge in [0, 0.05) is 17.8 Å². The number of hydrogen-bond acceptors (Lipinski definition) is 4. The van der Waals surface area contributed by atoms with Gasteiger partial charge in [-0.25, -0.2) is 0 Å². The van der Waals surface area contributed by atoms with Gasteiger partial charge in [0.15, 0.2) is 6.10 Å². The summed E-state index contributed by atoms with van der Waals surface area (Å²) < 4.78 is 5.60. The summed E-state index contributed by atoms with van der Waals surface area (Å²) in [6, 6.07) is 13.6. The van der Waals surface area contributed by atoms with Crippen LogP contribution in [0.3, 0.4) is 0 Å². The second kappa shape index (κ2) is 8.09. The number of nitrogens with zero attached hydrogens (tertiary/aromatic N) is 1. The summed E-state index contributed by atoms with van der Waals surface area (Å²) in [5, 5.41) is 5.95. The Kier molecular flexibility index (Phi) is 5.61. The Morgan fingerprint density at radius 2 is 1.89 bits per heavy atom. The summed E-state index contributed by atoms with van der Waals surface area (Å²) in [4.78, 5) is 37.8. The zero-order valence-electron chi connectivity index (χ0n) is 14.6. The monoisotopic (exact) mass is 387 g/mol. The van der Waals surface area contributed by atoms with Crippen LogP contribution in [-0.4, -0.2) is 42.3 Å². The van der Waals surface area contributed by atoms with Crippen LogP contribution in [0.1, 0.15) is 6.42 Å². The molecule has 1 aliphatic rings.